The normalized spacial score (nSPS) is 17.2. The standard InChI is InChI=1S/C15H19ClN4O/c16-13-3-1-12(2-4-13)15-18-14(19-21-15)10-20-7-5-11(9-17)6-8-20/h1-4,11H,5-10,17H2. The van der Waals surface area contributed by atoms with Gasteiger partial charge in [-0.15, -0.1) is 0 Å². The third-order valence-electron chi connectivity index (χ3n) is 3.96. The minimum Gasteiger partial charge on any atom is -0.334 e. The Labute approximate surface area is 129 Å². The summed E-state index contributed by atoms with van der Waals surface area (Å²) in [6.45, 7) is 3.62. The monoisotopic (exact) mass is 306 g/mol. The molecule has 1 aliphatic heterocycles. The van der Waals surface area contributed by atoms with Crippen molar-refractivity contribution >= 4 is 11.6 Å². The van der Waals surface area contributed by atoms with E-state index in [0.717, 1.165) is 50.4 Å². The van der Waals surface area contributed by atoms with Gasteiger partial charge in [-0.1, -0.05) is 16.8 Å². The molecule has 1 aliphatic rings. The van der Waals surface area contributed by atoms with Crippen molar-refractivity contribution in [1.82, 2.24) is 15.0 Å². The Morgan fingerprint density at radius 1 is 1.24 bits per heavy atom. The molecule has 1 aromatic carbocycles. The number of hydrogen-bond acceptors (Lipinski definition) is 5. The second-order valence-electron chi connectivity index (χ2n) is 5.48. The maximum absolute atomic E-state index is 5.87. The quantitative estimate of drug-likeness (QED) is 0.940. The van der Waals surface area contributed by atoms with Crippen LogP contribution >= 0.6 is 11.6 Å². The van der Waals surface area contributed by atoms with Crippen molar-refractivity contribution < 1.29 is 4.52 Å². The number of aromatic nitrogens is 2. The van der Waals surface area contributed by atoms with Gasteiger partial charge < -0.3 is 10.3 Å². The van der Waals surface area contributed by atoms with Gasteiger partial charge in [-0.05, 0) is 62.7 Å². The zero-order chi connectivity index (χ0) is 14.7. The van der Waals surface area contributed by atoms with E-state index in [1.165, 1.54) is 0 Å². The highest BCUT2D eigenvalue weighted by atomic mass is 35.5. The summed E-state index contributed by atoms with van der Waals surface area (Å²) in [5.74, 6) is 1.93. The molecule has 2 aromatic rings. The fraction of sp³-hybridized carbons (Fsp3) is 0.467. The van der Waals surface area contributed by atoms with E-state index >= 15 is 0 Å². The highest BCUT2D eigenvalue weighted by Crippen LogP contribution is 2.21. The first-order chi connectivity index (χ1) is 10.2. The third-order valence-corrected chi connectivity index (χ3v) is 4.22. The molecule has 0 atom stereocenters. The molecular formula is C15H19ClN4O. The van der Waals surface area contributed by atoms with Crippen LogP contribution in [0, 0.1) is 5.92 Å². The fourth-order valence-electron chi connectivity index (χ4n) is 2.61. The number of nitrogens with two attached hydrogens (primary N) is 1. The molecule has 0 unspecified atom stereocenters. The number of rotatable bonds is 4. The van der Waals surface area contributed by atoms with Crippen molar-refractivity contribution in [2.24, 2.45) is 11.7 Å². The first-order valence-corrected chi connectivity index (χ1v) is 7.63. The molecule has 0 bridgehead atoms. The van der Waals surface area contributed by atoms with Crippen molar-refractivity contribution in [2.75, 3.05) is 19.6 Å². The van der Waals surface area contributed by atoms with Gasteiger partial charge >= 0.3 is 0 Å². The topological polar surface area (TPSA) is 68.2 Å². The lowest BCUT2D eigenvalue weighted by molar-refractivity contribution is 0.175. The predicted molar refractivity (Wildman–Crippen MR) is 81.8 cm³/mol. The molecule has 6 heteroatoms. The van der Waals surface area contributed by atoms with E-state index in [2.05, 4.69) is 15.0 Å². The first-order valence-electron chi connectivity index (χ1n) is 7.25. The summed E-state index contributed by atoms with van der Waals surface area (Å²) in [6, 6.07) is 7.40. The highest BCUT2D eigenvalue weighted by Gasteiger charge is 2.20. The minimum absolute atomic E-state index is 0.540. The molecule has 5 nitrogen and oxygen atoms in total. The number of benzene rings is 1. The molecule has 2 heterocycles. The minimum atomic E-state index is 0.540. The van der Waals surface area contributed by atoms with E-state index in [0.29, 0.717) is 16.8 Å². The summed E-state index contributed by atoms with van der Waals surface area (Å²) in [5.41, 5.74) is 6.60. The van der Waals surface area contributed by atoms with E-state index in [4.69, 9.17) is 21.9 Å². The summed E-state index contributed by atoms with van der Waals surface area (Å²) < 4.78 is 5.32. The number of nitrogens with zero attached hydrogens (tertiary/aromatic N) is 3. The molecule has 2 N–H and O–H groups in total. The molecule has 21 heavy (non-hydrogen) atoms. The summed E-state index contributed by atoms with van der Waals surface area (Å²) in [5, 5.41) is 4.76. The lowest BCUT2D eigenvalue weighted by Gasteiger charge is -2.30. The SMILES string of the molecule is NCC1CCN(Cc2noc(-c3ccc(Cl)cc3)n2)CC1. The van der Waals surface area contributed by atoms with Crippen LogP contribution in [0.3, 0.4) is 0 Å². The molecule has 1 fully saturated rings. The molecule has 0 aliphatic carbocycles. The average molecular weight is 307 g/mol. The van der Waals surface area contributed by atoms with Crippen molar-refractivity contribution in [3.05, 3.63) is 35.1 Å². The number of likely N-dealkylation sites (tertiary alicyclic amines) is 1. The maximum Gasteiger partial charge on any atom is 0.257 e. The third kappa shape index (κ3) is 3.61. The molecule has 1 aromatic heterocycles. The van der Waals surface area contributed by atoms with Crippen LogP contribution in [-0.4, -0.2) is 34.7 Å². The molecule has 0 amide bonds. The van der Waals surface area contributed by atoms with Crippen LogP contribution in [-0.2, 0) is 6.54 Å². The fourth-order valence-corrected chi connectivity index (χ4v) is 2.73. The Kier molecular flexibility index (Phi) is 4.53. The van der Waals surface area contributed by atoms with Crippen molar-refractivity contribution in [3.8, 4) is 11.5 Å². The van der Waals surface area contributed by atoms with Gasteiger partial charge in [0.25, 0.3) is 5.89 Å². The number of piperidine rings is 1. The first kappa shape index (κ1) is 14.5. The second kappa shape index (κ2) is 6.56. The van der Waals surface area contributed by atoms with Crippen LogP contribution in [0.4, 0.5) is 0 Å². The van der Waals surface area contributed by atoms with Gasteiger partial charge in [0, 0.05) is 10.6 Å². The van der Waals surface area contributed by atoms with Crippen molar-refractivity contribution in [3.63, 3.8) is 0 Å². The van der Waals surface area contributed by atoms with Gasteiger partial charge in [-0.25, -0.2) is 0 Å². The van der Waals surface area contributed by atoms with Crippen molar-refractivity contribution in [1.29, 1.82) is 0 Å². The Balaban J connectivity index is 1.62. The van der Waals surface area contributed by atoms with Gasteiger partial charge in [-0.3, -0.25) is 4.90 Å². The second-order valence-corrected chi connectivity index (χ2v) is 5.91. The van der Waals surface area contributed by atoms with Crippen LogP contribution in [0.15, 0.2) is 28.8 Å². The van der Waals surface area contributed by atoms with Crippen LogP contribution in [0.1, 0.15) is 18.7 Å². The van der Waals surface area contributed by atoms with E-state index in [1.54, 1.807) is 0 Å². The smallest absolute Gasteiger partial charge is 0.257 e. The van der Waals surface area contributed by atoms with Crippen LogP contribution < -0.4 is 5.73 Å². The zero-order valence-corrected chi connectivity index (χ0v) is 12.6. The number of halogens is 1. The molecule has 1 saturated heterocycles. The lowest BCUT2D eigenvalue weighted by atomic mass is 9.97. The number of hydrogen-bond donors (Lipinski definition) is 1. The van der Waals surface area contributed by atoms with E-state index in [9.17, 15) is 0 Å². The lowest BCUT2D eigenvalue weighted by Crippen LogP contribution is -2.35. The summed E-state index contributed by atoms with van der Waals surface area (Å²) >= 11 is 5.87. The zero-order valence-electron chi connectivity index (χ0n) is 11.8. The van der Waals surface area contributed by atoms with Gasteiger partial charge in [0.15, 0.2) is 5.82 Å². The predicted octanol–water partition coefficient (Wildman–Crippen LogP) is 2.56. The Morgan fingerprint density at radius 3 is 2.62 bits per heavy atom. The Hall–Kier alpha value is -1.43. The van der Waals surface area contributed by atoms with E-state index in [-0.39, 0.29) is 0 Å². The molecule has 0 spiro atoms. The summed E-state index contributed by atoms with van der Waals surface area (Å²) in [4.78, 5) is 6.81. The van der Waals surface area contributed by atoms with Gasteiger partial charge in [0.05, 0.1) is 6.54 Å². The average Bonchev–Trinajstić information content (AvgIpc) is 2.97. The van der Waals surface area contributed by atoms with Gasteiger partial charge in [0.1, 0.15) is 0 Å². The molecule has 0 radical (unpaired) electrons. The molecule has 112 valence electrons. The Morgan fingerprint density at radius 2 is 1.95 bits per heavy atom. The van der Waals surface area contributed by atoms with E-state index < -0.39 is 0 Å². The van der Waals surface area contributed by atoms with Crippen LogP contribution in [0.2, 0.25) is 5.02 Å². The van der Waals surface area contributed by atoms with Gasteiger partial charge in [0.2, 0.25) is 0 Å². The van der Waals surface area contributed by atoms with Crippen LogP contribution in [0.5, 0.6) is 0 Å². The van der Waals surface area contributed by atoms with Crippen LogP contribution in [0.25, 0.3) is 11.5 Å². The maximum atomic E-state index is 5.87. The van der Waals surface area contributed by atoms with Crippen molar-refractivity contribution in [2.45, 2.75) is 19.4 Å². The van der Waals surface area contributed by atoms with E-state index in [1.807, 2.05) is 24.3 Å². The van der Waals surface area contributed by atoms with Gasteiger partial charge in [-0.2, -0.15) is 4.98 Å². The molecular weight excluding hydrogens is 288 g/mol. The molecule has 0 saturated carbocycles. The summed E-state index contributed by atoms with van der Waals surface area (Å²) in [7, 11) is 0. The largest absolute Gasteiger partial charge is 0.334 e. The molecule has 3 rings (SSSR count). The Bertz CT molecular complexity index is 576. The summed E-state index contributed by atoms with van der Waals surface area (Å²) in [6.07, 6.45) is 2.30. The highest BCUT2D eigenvalue weighted by molar-refractivity contribution is 6.30.